The van der Waals surface area contributed by atoms with Crippen molar-refractivity contribution in [1.29, 1.82) is 0 Å². The molecule has 0 unspecified atom stereocenters. The number of hydrogen-bond donors (Lipinski definition) is 2. The fraction of sp³-hybridized carbons (Fsp3) is 0.130. The zero-order valence-electron chi connectivity index (χ0n) is 16.6. The lowest BCUT2D eigenvalue weighted by Gasteiger charge is -2.09. The fourth-order valence-electron chi connectivity index (χ4n) is 2.71. The molecule has 3 rings (SSSR count). The molecule has 2 amide bonds. The zero-order chi connectivity index (χ0) is 21.5. The standard InChI is InChI=1S/C23H21FN2O4/c1-3-30-18-10-8-17(9-11-18)25-22(27)15-4-6-16(7-5-15)26-23(28)20-13-12-19(29-2)14-21(20)24/h4-14H,3H2,1-2H3,(H,25,27)(H,26,28). The quantitative estimate of drug-likeness (QED) is 0.592. The second kappa shape index (κ2) is 9.56. The lowest BCUT2D eigenvalue weighted by Crippen LogP contribution is -2.15. The van der Waals surface area contributed by atoms with E-state index in [0.717, 1.165) is 11.8 Å². The van der Waals surface area contributed by atoms with Gasteiger partial charge in [-0.25, -0.2) is 4.39 Å². The molecule has 0 fully saturated rings. The van der Waals surface area contributed by atoms with Crippen LogP contribution in [0.4, 0.5) is 15.8 Å². The smallest absolute Gasteiger partial charge is 0.258 e. The van der Waals surface area contributed by atoms with E-state index in [1.807, 2.05) is 6.92 Å². The van der Waals surface area contributed by atoms with Crippen molar-refractivity contribution in [3.8, 4) is 11.5 Å². The topological polar surface area (TPSA) is 76.7 Å². The first-order valence-corrected chi connectivity index (χ1v) is 9.29. The van der Waals surface area contributed by atoms with Crippen molar-refractivity contribution < 1.29 is 23.5 Å². The highest BCUT2D eigenvalue weighted by Crippen LogP contribution is 2.19. The summed E-state index contributed by atoms with van der Waals surface area (Å²) in [5.41, 5.74) is 1.38. The Bertz CT molecular complexity index is 1030. The minimum Gasteiger partial charge on any atom is -0.497 e. The third-order valence-corrected chi connectivity index (χ3v) is 4.25. The van der Waals surface area contributed by atoms with E-state index in [4.69, 9.17) is 9.47 Å². The number of benzene rings is 3. The van der Waals surface area contributed by atoms with Gasteiger partial charge in [0.2, 0.25) is 0 Å². The molecule has 0 bridgehead atoms. The molecule has 6 nitrogen and oxygen atoms in total. The Balaban J connectivity index is 1.62. The van der Waals surface area contributed by atoms with Crippen LogP contribution in [0.3, 0.4) is 0 Å². The summed E-state index contributed by atoms with van der Waals surface area (Å²) in [4.78, 5) is 24.7. The van der Waals surface area contributed by atoms with Crippen LogP contribution in [0.5, 0.6) is 11.5 Å². The number of anilines is 2. The molecule has 7 heteroatoms. The van der Waals surface area contributed by atoms with E-state index in [1.165, 1.54) is 19.2 Å². The van der Waals surface area contributed by atoms with Gasteiger partial charge in [0, 0.05) is 23.0 Å². The van der Waals surface area contributed by atoms with Gasteiger partial charge in [-0.2, -0.15) is 0 Å². The highest BCUT2D eigenvalue weighted by Gasteiger charge is 2.13. The van der Waals surface area contributed by atoms with Gasteiger partial charge in [0.1, 0.15) is 17.3 Å². The van der Waals surface area contributed by atoms with Gasteiger partial charge >= 0.3 is 0 Å². The molecule has 3 aromatic carbocycles. The minimum absolute atomic E-state index is 0.104. The largest absolute Gasteiger partial charge is 0.497 e. The maximum Gasteiger partial charge on any atom is 0.258 e. The van der Waals surface area contributed by atoms with Crippen LogP contribution in [-0.4, -0.2) is 25.5 Å². The van der Waals surface area contributed by atoms with Gasteiger partial charge in [-0.3, -0.25) is 9.59 Å². The Hall–Kier alpha value is -3.87. The molecule has 0 aromatic heterocycles. The molecular formula is C23H21FN2O4. The lowest BCUT2D eigenvalue weighted by atomic mass is 10.1. The first kappa shape index (κ1) is 20.9. The van der Waals surface area contributed by atoms with Crippen molar-refractivity contribution in [1.82, 2.24) is 0 Å². The molecule has 0 atom stereocenters. The fourth-order valence-corrected chi connectivity index (χ4v) is 2.71. The van der Waals surface area contributed by atoms with Crippen molar-refractivity contribution in [3.63, 3.8) is 0 Å². The Morgan fingerprint density at radius 2 is 1.40 bits per heavy atom. The van der Waals surface area contributed by atoms with Crippen LogP contribution in [0.15, 0.2) is 66.7 Å². The molecule has 0 heterocycles. The molecule has 154 valence electrons. The van der Waals surface area contributed by atoms with E-state index >= 15 is 0 Å². The first-order chi connectivity index (χ1) is 14.5. The Morgan fingerprint density at radius 3 is 1.97 bits per heavy atom. The molecule has 0 aliphatic rings. The van der Waals surface area contributed by atoms with Gasteiger partial charge in [-0.15, -0.1) is 0 Å². The second-order valence-electron chi connectivity index (χ2n) is 6.29. The summed E-state index contributed by atoms with van der Waals surface area (Å²) in [6.07, 6.45) is 0. The highest BCUT2D eigenvalue weighted by atomic mass is 19.1. The number of carbonyl (C=O) groups excluding carboxylic acids is 2. The molecule has 0 saturated carbocycles. The molecular weight excluding hydrogens is 387 g/mol. The number of halogens is 1. The van der Waals surface area contributed by atoms with Crippen molar-refractivity contribution in [2.24, 2.45) is 0 Å². The summed E-state index contributed by atoms with van der Waals surface area (Å²) in [6.45, 7) is 2.47. The Labute approximate surface area is 173 Å². The van der Waals surface area contributed by atoms with Gasteiger partial charge in [-0.05, 0) is 67.6 Å². The maximum absolute atomic E-state index is 14.0. The second-order valence-corrected chi connectivity index (χ2v) is 6.29. The monoisotopic (exact) mass is 408 g/mol. The summed E-state index contributed by atoms with van der Waals surface area (Å²) in [5, 5.41) is 5.39. The summed E-state index contributed by atoms with van der Waals surface area (Å²) < 4.78 is 24.3. The molecule has 2 N–H and O–H groups in total. The predicted molar refractivity (Wildman–Crippen MR) is 113 cm³/mol. The third-order valence-electron chi connectivity index (χ3n) is 4.25. The molecule has 0 radical (unpaired) electrons. The first-order valence-electron chi connectivity index (χ1n) is 9.29. The zero-order valence-corrected chi connectivity index (χ0v) is 16.6. The number of ether oxygens (including phenoxy) is 2. The van der Waals surface area contributed by atoms with Gasteiger partial charge in [0.25, 0.3) is 11.8 Å². The minimum atomic E-state index is -0.682. The summed E-state index contributed by atoms with van der Waals surface area (Å²) in [5.74, 6) is -0.519. The van der Waals surface area contributed by atoms with Crippen LogP contribution in [-0.2, 0) is 0 Å². The predicted octanol–water partition coefficient (Wildman–Crippen LogP) is 4.74. The van der Waals surface area contributed by atoms with E-state index < -0.39 is 11.7 Å². The average molecular weight is 408 g/mol. The van der Waals surface area contributed by atoms with Gasteiger partial charge < -0.3 is 20.1 Å². The molecule has 0 spiro atoms. The van der Waals surface area contributed by atoms with Gasteiger partial charge in [0.05, 0.1) is 19.3 Å². The normalized spacial score (nSPS) is 10.2. The molecule has 0 aliphatic heterocycles. The number of nitrogens with one attached hydrogen (secondary N) is 2. The van der Waals surface area contributed by atoms with Crippen molar-refractivity contribution in [2.75, 3.05) is 24.4 Å². The van der Waals surface area contributed by atoms with Crippen molar-refractivity contribution in [2.45, 2.75) is 6.92 Å². The van der Waals surface area contributed by atoms with Crippen LogP contribution >= 0.6 is 0 Å². The third kappa shape index (κ3) is 5.14. The molecule has 0 saturated heterocycles. The van der Waals surface area contributed by atoms with Crippen molar-refractivity contribution >= 4 is 23.2 Å². The summed E-state index contributed by atoms with van der Waals surface area (Å²) in [6, 6.07) is 17.3. The van der Waals surface area contributed by atoms with E-state index in [9.17, 15) is 14.0 Å². The lowest BCUT2D eigenvalue weighted by molar-refractivity contribution is 0.101. The molecule has 0 aliphatic carbocycles. The number of carbonyl (C=O) groups is 2. The van der Waals surface area contributed by atoms with Gasteiger partial charge in [-0.1, -0.05) is 0 Å². The van der Waals surface area contributed by atoms with Crippen LogP contribution in [0.2, 0.25) is 0 Å². The van der Waals surface area contributed by atoms with Gasteiger partial charge in [0.15, 0.2) is 0 Å². The number of amides is 2. The van der Waals surface area contributed by atoms with Crippen molar-refractivity contribution in [3.05, 3.63) is 83.7 Å². The van der Waals surface area contributed by atoms with E-state index in [-0.39, 0.29) is 11.5 Å². The SMILES string of the molecule is CCOc1ccc(NC(=O)c2ccc(NC(=O)c3ccc(OC)cc3F)cc2)cc1. The van der Waals surface area contributed by atoms with E-state index in [0.29, 0.717) is 29.3 Å². The Kier molecular flexibility index (Phi) is 6.64. The van der Waals surface area contributed by atoms with Crippen LogP contribution in [0.25, 0.3) is 0 Å². The summed E-state index contributed by atoms with van der Waals surface area (Å²) >= 11 is 0. The number of hydrogen-bond acceptors (Lipinski definition) is 4. The van der Waals surface area contributed by atoms with Crippen LogP contribution < -0.4 is 20.1 Å². The van der Waals surface area contributed by atoms with E-state index in [1.54, 1.807) is 48.5 Å². The van der Waals surface area contributed by atoms with E-state index in [2.05, 4.69) is 10.6 Å². The highest BCUT2D eigenvalue weighted by molar-refractivity contribution is 6.06. The maximum atomic E-state index is 14.0. The summed E-state index contributed by atoms with van der Waals surface area (Å²) in [7, 11) is 1.42. The molecule has 30 heavy (non-hydrogen) atoms. The number of rotatable bonds is 7. The number of methoxy groups -OCH3 is 1. The van der Waals surface area contributed by atoms with Crippen LogP contribution in [0.1, 0.15) is 27.6 Å². The Morgan fingerprint density at radius 1 is 0.833 bits per heavy atom. The molecule has 3 aromatic rings. The average Bonchev–Trinajstić information content (AvgIpc) is 2.75. The van der Waals surface area contributed by atoms with Crippen LogP contribution in [0, 0.1) is 5.82 Å².